The Balaban J connectivity index is 3.34. The Morgan fingerprint density at radius 3 is 2.75 bits per heavy atom. The summed E-state index contributed by atoms with van der Waals surface area (Å²) < 4.78 is 13.1. The highest BCUT2D eigenvalue weighted by molar-refractivity contribution is 9.08. The van der Waals surface area contributed by atoms with E-state index in [1.54, 1.807) is 6.07 Å². The second kappa shape index (κ2) is 3.88. The van der Waals surface area contributed by atoms with Gasteiger partial charge in [-0.1, -0.05) is 27.5 Å². The molecule has 0 radical (unpaired) electrons. The Bertz CT molecular complexity index is 346. The average molecular weight is 248 g/mol. The molecule has 1 aromatic carbocycles. The number of benzene rings is 1. The molecule has 4 heteroatoms. The molecule has 1 aromatic rings. The summed E-state index contributed by atoms with van der Waals surface area (Å²) in [6, 6.07) is 4.53. The fourth-order valence-corrected chi connectivity index (χ4v) is 1.47. The summed E-state index contributed by atoms with van der Waals surface area (Å²) in [7, 11) is 0. The van der Waals surface area contributed by atoms with E-state index in [0.717, 1.165) is 0 Å². The van der Waals surface area contributed by atoms with Crippen LogP contribution in [0.1, 0.15) is 11.1 Å². The minimum atomic E-state index is -0.501. The Labute approximate surface area is 82.9 Å². The van der Waals surface area contributed by atoms with E-state index in [1.807, 2.05) is 0 Å². The van der Waals surface area contributed by atoms with E-state index >= 15 is 0 Å². The van der Waals surface area contributed by atoms with E-state index in [4.69, 9.17) is 16.9 Å². The molecule has 0 spiro atoms. The van der Waals surface area contributed by atoms with Crippen LogP contribution in [0.25, 0.3) is 0 Å². The summed E-state index contributed by atoms with van der Waals surface area (Å²) in [4.78, 5) is 0. The highest BCUT2D eigenvalue weighted by Gasteiger charge is 2.08. The van der Waals surface area contributed by atoms with E-state index < -0.39 is 5.82 Å². The molecule has 1 rings (SSSR count). The molecule has 0 N–H and O–H groups in total. The molecule has 0 aliphatic heterocycles. The smallest absolute Gasteiger partial charge is 0.145 e. The molecule has 62 valence electrons. The third-order valence-corrected chi connectivity index (χ3v) is 2.20. The highest BCUT2D eigenvalue weighted by Crippen LogP contribution is 2.20. The van der Waals surface area contributed by atoms with Crippen molar-refractivity contribution >= 4 is 27.5 Å². The number of halogens is 3. The number of nitriles is 1. The van der Waals surface area contributed by atoms with Crippen LogP contribution in [-0.2, 0) is 5.33 Å². The standard InChI is InChI=1S/C8H4BrClFN/c9-3-5-1-7(10)2-6(4-12)8(5)11/h1-2H,3H2. The number of nitrogens with zero attached hydrogens (tertiary/aromatic N) is 1. The van der Waals surface area contributed by atoms with Crippen molar-refractivity contribution in [1.29, 1.82) is 5.26 Å². The van der Waals surface area contributed by atoms with Crippen LogP contribution in [-0.4, -0.2) is 0 Å². The van der Waals surface area contributed by atoms with Gasteiger partial charge in [0.1, 0.15) is 11.9 Å². The summed E-state index contributed by atoms with van der Waals surface area (Å²) >= 11 is 8.74. The molecule has 0 aliphatic rings. The van der Waals surface area contributed by atoms with Crippen LogP contribution in [0.5, 0.6) is 0 Å². The normalized spacial score (nSPS) is 9.50. The lowest BCUT2D eigenvalue weighted by Crippen LogP contribution is -1.90. The van der Waals surface area contributed by atoms with E-state index in [9.17, 15) is 4.39 Å². The molecule has 0 bridgehead atoms. The Kier molecular flexibility index (Phi) is 3.07. The molecule has 0 unspecified atom stereocenters. The van der Waals surface area contributed by atoms with Gasteiger partial charge in [-0.25, -0.2) is 4.39 Å². The van der Waals surface area contributed by atoms with Crippen LogP contribution in [0.4, 0.5) is 4.39 Å². The highest BCUT2D eigenvalue weighted by atomic mass is 79.9. The van der Waals surface area contributed by atoms with Crippen LogP contribution in [0, 0.1) is 17.1 Å². The summed E-state index contributed by atoms with van der Waals surface area (Å²) in [6.45, 7) is 0. The molecule has 0 saturated carbocycles. The number of alkyl halides is 1. The Hall–Kier alpha value is -0.590. The van der Waals surface area contributed by atoms with Gasteiger partial charge in [0.2, 0.25) is 0 Å². The summed E-state index contributed by atoms with van der Waals surface area (Å²) in [6.07, 6.45) is 0. The predicted octanol–water partition coefficient (Wildman–Crippen LogP) is 3.25. The average Bonchev–Trinajstić information content (AvgIpc) is 2.08. The lowest BCUT2D eigenvalue weighted by atomic mass is 10.1. The van der Waals surface area contributed by atoms with Gasteiger partial charge in [0.05, 0.1) is 5.56 Å². The van der Waals surface area contributed by atoms with Gasteiger partial charge in [-0.15, -0.1) is 0 Å². The van der Waals surface area contributed by atoms with Crippen molar-refractivity contribution in [2.45, 2.75) is 5.33 Å². The first-order valence-electron chi connectivity index (χ1n) is 3.13. The lowest BCUT2D eigenvalue weighted by molar-refractivity contribution is 0.614. The molecule has 0 fully saturated rings. The zero-order valence-electron chi connectivity index (χ0n) is 5.94. The molecule has 1 nitrogen and oxygen atoms in total. The molecule has 0 aromatic heterocycles. The monoisotopic (exact) mass is 247 g/mol. The van der Waals surface area contributed by atoms with E-state index in [2.05, 4.69) is 15.9 Å². The largest absolute Gasteiger partial charge is 0.205 e. The minimum absolute atomic E-state index is 0.0167. The topological polar surface area (TPSA) is 23.8 Å². The van der Waals surface area contributed by atoms with Crippen LogP contribution < -0.4 is 0 Å². The van der Waals surface area contributed by atoms with Gasteiger partial charge >= 0.3 is 0 Å². The molecule has 0 aliphatic carbocycles. The minimum Gasteiger partial charge on any atom is -0.205 e. The second-order valence-electron chi connectivity index (χ2n) is 2.17. The van der Waals surface area contributed by atoms with Gasteiger partial charge in [0.25, 0.3) is 0 Å². The molecule has 0 heterocycles. The zero-order chi connectivity index (χ0) is 9.14. The van der Waals surface area contributed by atoms with Gasteiger partial charge in [-0.3, -0.25) is 0 Å². The van der Waals surface area contributed by atoms with Gasteiger partial charge in [0.15, 0.2) is 0 Å². The summed E-state index contributed by atoms with van der Waals surface area (Å²) in [5.41, 5.74) is 0.385. The van der Waals surface area contributed by atoms with Gasteiger partial charge in [-0.2, -0.15) is 5.26 Å². The van der Waals surface area contributed by atoms with Crippen molar-refractivity contribution in [2.24, 2.45) is 0 Å². The number of rotatable bonds is 1. The molecule has 0 saturated heterocycles. The first-order chi connectivity index (χ1) is 5.69. The molecule has 0 atom stereocenters. The predicted molar refractivity (Wildman–Crippen MR) is 48.8 cm³/mol. The maximum absolute atomic E-state index is 13.1. The second-order valence-corrected chi connectivity index (χ2v) is 3.17. The van der Waals surface area contributed by atoms with Crippen molar-refractivity contribution in [2.75, 3.05) is 0 Å². The van der Waals surface area contributed by atoms with E-state index in [-0.39, 0.29) is 5.56 Å². The van der Waals surface area contributed by atoms with Crippen LogP contribution in [0.15, 0.2) is 12.1 Å². The van der Waals surface area contributed by atoms with Gasteiger partial charge in [-0.05, 0) is 12.1 Å². The van der Waals surface area contributed by atoms with Gasteiger partial charge in [0, 0.05) is 15.9 Å². The van der Waals surface area contributed by atoms with Crippen molar-refractivity contribution in [3.05, 3.63) is 34.1 Å². The zero-order valence-corrected chi connectivity index (χ0v) is 8.28. The molecular formula is C8H4BrClFN. The third kappa shape index (κ3) is 1.77. The quantitative estimate of drug-likeness (QED) is 0.700. The maximum atomic E-state index is 13.1. The Morgan fingerprint density at radius 1 is 1.58 bits per heavy atom. The van der Waals surface area contributed by atoms with Crippen LogP contribution in [0.3, 0.4) is 0 Å². The SMILES string of the molecule is N#Cc1cc(Cl)cc(CBr)c1F. The maximum Gasteiger partial charge on any atom is 0.145 e. The third-order valence-electron chi connectivity index (χ3n) is 1.38. The van der Waals surface area contributed by atoms with E-state index in [0.29, 0.717) is 15.9 Å². The fourth-order valence-electron chi connectivity index (χ4n) is 0.824. The first kappa shape index (κ1) is 9.50. The fraction of sp³-hybridized carbons (Fsp3) is 0.125. The first-order valence-corrected chi connectivity index (χ1v) is 4.63. The number of hydrogen-bond donors (Lipinski definition) is 0. The molecular weight excluding hydrogens is 244 g/mol. The summed E-state index contributed by atoms with van der Waals surface area (Å²) in [5.74, 6) is -0.501. The number of hydrogen-bond acceptors (Lipinski definition) is 1. The van der Waals surface area contributed by atoms with Crippen molar-refractivity contribution in [3.8, 4) is 6.07 Å². The Morgan fingerprint density at radius 2 is 2.25 bits per heavy atom. The van der Waals surface area contributed by atoms with E-state index in [1.165, 1.54) is 12.1 Å². The van der Waals surface area contributed by atoms with Gasteiger partial charge < -0.3 is 0 Å². The van der Waals surface area contributed by atoms with Crippen LogP contribution >= 0.6 is 27.5 Å². The van der Waals surface area contributed by atoms with Crippen LogP contribution in [0.2, 0.25) is 5.02 Å². The molecule has 12 heavy (non-hydrogen) atoms. The van der Waals surface area contributed by atoms with Crippen molar-refractivity contribution in [3.63, 3.8) is 0 Å². The summed E-state index contributed by atoms with van der Waals surface area (Å²) in [5, 5.41) is 9.23. The molecule has 0 amide bonds. The van der Waals surface area contributed by atoms with Crippen molar-refractivity contribution in [1.82, 2.24) is 0 Å². The van der Waals surface area contributed by atoms with Crippen molar-refractivity contribution < 1.29 is 4.39 Å². The lowest BCUT2D eigenvalue weighted by Gasteiger charge is -2.00.